The molecule has 0 unspecified atom stereocenters. The summed E-state index contributed by atoms with van der Waals surface area (Å²) in [7, 11) is 0. The van der Waals surface area contributed by atoms with Crippen LogP contribution < -0.4 is 5.32 Å². The average Bonchev–Trinajstić information content (AvgIpc) is 2.80. The molecule has 0 saturated carbocycles. The van der Waals surface area contributed by atoms with Gasteiger partial charge in [0.15, 0.2) is 5.82 Å². The molecule has 1 aromatic heterocycles. The molecule has 0 aliphatic heterocycles. The molecule has 0 bridgehead atoms. The second kappa shape index (κ2) is 6.58. The molecule has 20 heavy (non-hydrogen) atoms. The molecule has 0 amide bonds. The zero-order valence-corrected chi connectivity index (χ0v) is 12.4. The minimum atomic E-state index is -0.406. The summed E-state index contributed by atoms with van der Waals surface area (Å²) in [6.07, 6.45) is 0.646. The fraction of sp³-hybridized carbons (Fsp3) is 0.333. The van der Waals surface area contributed by atoms with E-state index < -0.39 is 4.92 Å². The lowest BCUT2D eigenvalue weighted by atomic mass is 10.2. The molecule has 0 aliphatic carbocycles. The lowest BCUT2D eigenvalue weighted by Crippen LogP contribution is -2.17. The highest BCUT2D eigenvalue weighted by atomic mass is 79.9. The molecule has 7 nitrogen and oxygen atoms in total. The Bertz CT molecular complexity index is 614. The monoisotopic (exact) mass is 340 g/mol. The summed E-state index contributed by atoms with van der Waals surface area (Å²) in [5.41, 5.74) is 0.917. The summed E-state index contributed by atoms with van der Waals surface area (Å²) < 4.78 is 5.56. The lowest BCUT2D eigenvalue weighted by molar-refractivity contribution is -0.385. The quantitative estimate of drug-likeness (QED) is 0.492. The Balaban J connectivity index is 1.86. The van der Waals surface area contributed by atoms with Crippen molar-refractivity contribution in [3.63, 3.8) is 0 Å². The molecule has 8 heteroatoms. The van der Waals surface area contributed by atoms with Gasteiger partial charge in [0.2, 0.25) is 5.89 Å². The number of nitrogens with one attached hydrogen (secondary N) is 1. The van der Waals surface area contributed by atoms with Crippen LogP contribution in [0.15, 0.2) is 27.2 Å². The Hall–Kier alpha value is -1.80. The molecule has 0 fully saturated rings. The van der Waals surface area contributed by atoms with Gasteiger partial charge in [0, 0.05) is 43.0 Å². The predicted molar refractivity (Wildman–Crippen MR) is 75.2 cm³/mol. The van der Waals surface area contributed by atoms with E-state index in [4.69, 9.17) is 4.52 Å². The van der Waals surface area contributed by atoms with Crippen LogP contribution in [0.5, 0.6) is 0 Å². The first-order valence-corrected chi connectivity index (χ1v) is 6.77. The van der Waals surface area contributed by atoms with Gasteiger partial charge >= 0.3 is 0 Å². The number of hydrogen-bond acceptors (Lipinski definition) is 6. The van der Waals surface area contributed by atoms with Gasteiger partial charge in [-0.1, -0.05) is 21.1 Å². The largest absolute Gasteiger partial charge is 0.340 e. The van der Waals surface area contributed by atoms with Crippen LogP contribution >= 0.6 is 15.9 Å². The Morgan fingerprint density at radius 2 is 2.25 bits per heavy atom. The molecule has 1 aromatic carbocycles. The van der Waals surface area contributed by atoms with Gasteiger partial charge in [-0.15, -0.1) is 0 Å². The molecule has 106 valence electrons. The number of aryl methyl sites for hydroxylation is 1. The van der Waals surface area contributed by atoms with E-state index in [0.717, 1.165) is 5.56 Å². The van der Waals surface area contributed by atoms with Crippen LogP contribution in [0.3, 0.4) is 0 Å². The molecule has 0 spiro atoms. The van der Waals surface area contributed by atoms with Gasteiger partial charge in [-0.05, 0) is 11.6 Å². The molecule has 1 N–H and O–H groups in total. The fourth-order valence-corrected chi connectivity index (χ4v) is 2.25. The number of non-ortho nitro benzene ring substituents is 1. The highest BCUT2D eigenvalue weighted by molar-refractivity contribution is 9.10. The van der Waals surface area contributed by atoms with Crippen LogP contribution in [0, 0.1) is 17.0 Å². The van der Waals surface area contributed by atoms with E-state index in [2.05, 4.69) is 31.4 Å². The molecule has 2 rings (SSSR count). The number of aromatic nitrogens is 2. The molecule has 1 heterocycles. The first-order chi connectivity index (χ1) is 9.54. The van der Waals surface area contributed by atoms with Crippen molar-refractivity contribution in [3.05, 3.63) is 50.1 Å². The van der Waals surface area contributed by atoms with Crippen LogP contribution in [-0.4, -0.2) is 21.6 Å². The van der Waals surface area contributed by atoms with Gasteiger partial charge in [0.05, 0.1) is 4.92 Å². The summed E-state index contributed by atoms with van der Waals surface area (Å²) in [6.45, 7) is 2.95. The summed E-state index contributed by atoms with van der Waals surface area (Å²) in [4.78, 5) is 14.4. The van der Waals surface area contributed by atoms with Gasteiger partial charge in [0.25, 0.3) is 5.69 Å². The van der Waals surface area contributed by atoms with Crippen LogP contribution in [-0.2, 0) is 13.0 Å². The molecule has 0 saturated heterocycles. The highest BCUT2D eigenvalue weighted by Gasteiger charge is 2.08. The average molecular weight is 341 g/mol. The zero-order valence-electron chi connectivity index (χ0n) is 10.8. The standard InChI is InChI=1S/C12H13BrN4O3/c1-8-15-12(16-20-8)2-3-14-7-9-4-10(13)6-11(5-9)17(18)19/h4-6,14H,2-3,7H2,1H3. The zero-order chi connectivity index (χ0) is 14.5. The van der Waals surface area contributed by atoms with Crippen molar-refractivity contribution in [1.82, 2.24) is 15.5 Å². The minimum Gasteiger partial charge on any atom is -0.340 e. The van der Waals surface area contributed by atoms with Crippen molar-refractivity contribution >= 4 is 21.6 Å². The van der Waals surface area contributed by atoms with Gasteiger partial charge in [0.1, 0.15) is 0 Å². The summed E-state index contributed by atoms with van der Waals surface area (Å²) in [5.74, 6) is 1.19. The van der Waals surface area contributed by atoms with Gasteiger partial charge in [-0.25, -0.2) is 0 Å². The van der Waals surface area contributed by atoms with Crippen LogP contribution in [0.2, 0.25) is 0 Å². The maximum Gasteiger partial charge on any atom is 0.270 e. The molecular weight excluding hydrogens is 328 g/mol. The number of hydrogen-bond donors (Lipinski definition) is 1. The van der Waals surface area contributed by atoms with Crippen LogP contribution in [0.25, 0.3) is 0 Å². The van der Waals surface area contributed by atoms with E-state index in [1.807, 2.05) is 6.07 Å². The van der Waals surface area contributed by atoms with Crippen molar-refractivity contribution in [3.8, 4) is 0 Å². The third-order valence-corrected chi connectivity index (χ3v) is 3.04. The van der Waals surface area contributed by atoms with E-state index in [1.54, 1.807) is 13.0 Å². The Kier molecular flexibility index (Phi) is 4.80. The molecule has 0 atom stereocenters. The van der Waals surface area contributed by atoms with E-state index in [1.165, 1.54) is 6.07 Å². The number of nitro benzene ring substituents is 1. The number of benzene rings is 1. The number of nitrogens with zero attached hydrogens (tertiary/aromatic N) is 3. The molecule has 0 radical (unpaired) electrons. The van der Waals surface area contributed by atoms with E-state index in [9.17, 15) is 10.1 Å². The molecular formula is C12H13BrN4O3. The van der Waals surface area contributed by atoms with Crippen molar-refractivity contribution in [2.45, 2.75) is 19.9 Å². The van der Waals surface area contributed by atoms with Crippen LogP contribution in [0.1, 0.15) is 17.3 Å². The normalized spacial score (nSPS) is 10.7. The lowest BCUT2D eigenvalue weighted by Gasteiger charge is -2.04. The van der Waals surface area contributed by atoms with E-state index in [0.29, 0.717) is 35.7 Å². The van der Waals surface area contributed by atoms with Crippen molar-refractivity contribution in [2.24, 2.45) is 0 Å². The number of rotatable bonds is 6. The molecule has 0 aliphatic rings. The maximum absolute atomic E-state index is 10.8. The Morgan fingerprint density at radius 1 is 1.45 bits per heavy atom. The third-order valence-electron chi connectivity index (χ3n) is 2.58. The first-order valence-electron chi connectivity index (χ1n) is 5.98. The minimum absolute atomic E-state index is 0.0740. The summed E-state index contributed by atoms with van der Waals surface area (Å²) >= 11 is 3.27. The SMILES string of the molecule is Cc1nc(CCNCc2cc(Br)cc([N+](=O)[O-])c2)no1. The van der Waals surface area contributed by atoms with Crippen molar-refractivity contribution in [1.29, 1.82) is 0 Å². The second-order valence-electron chi connectivity index (χ2n) is 4.23. The number of nitro groups is 1. The Labute approximate surface area is 123 Å². The smallest absolute Gasteiger partial charge is 0.270 e. The fourth-order valence-electron chi connectivity index (χ4n) is 1.72. The highest BCUT2D eigenvalue weighted by Crippen LogP contribution is 2.21. The summed E-state index contributed by atoms with van der Waals surface area (Å²) in [6, 6.07) is 4.88. The van der Waals surface area contributed by atoms with Crippen molar-refractivity contribution < 1.29 is 9.45 Å². The first kappa shape index (κ1) is 14.6. The van der Waals surface area contributed by atoms with E-state index in [-0.39, 0.29) is 5.69 Å². The van der Waals surface area contributed by atoms with Crippen LogP contribution in [0.4, 0.5) is 5.69 Å². The maximum atomic E-state index is 10.8. The number of halogens is 1. The van der Waals surface area contributed by atoms with Gasteiger partial charge < -0.3 is 9.84 Å². The Morgan fingerprint density at radius 3 is 2.90 bits per heavy atom. The predicted octanol–water partition coefficient (Wildman–Crippen LogP) is 2.38. The third kappa shape index (κ3) is 4.10. The van der Waals surface area contributed by atoms with Gasteiger partial charge in [-0.3, -0.25) is 10.1 Å². The second-order valence-corrected chi connectivity index (χ2v) is 5.15. The van der Waals surface area contributed by atoms with Gasteiger partial charge in [-0.2, -0.15) is 4.98 Å². The summed E-state index contributed by atoms with van der Waals surface area (Å²) in [5, 5.41) is 17.7. The molecule has 2 aromatic rings. The topological polar surface area (TPSA) is 94.1 Å². The van der Waals surface area contributed by atoms with E-state index >= 15 is 0 Å². The van der Waals surface area contributed by atoms with Crippen molar-refractivity contribution in [2.75, 3.05) is 6.54 Å².